The van der Waals surface area contributed by atoms with Crippen molar-refractivity contribution in [3.63, 3.8) is 0 Å². The van der Waals surface area contributed by atoms with Gasteiger partial charge in [-0.15, -0.1) is 0 Å². The van der Waals surface area contributed by atoms with E-state index in [0.29, 0.717) is 13.0 Å². The summed E-state index contributed by atoms with van der Waals surface area (Å²) in [6.45, 7) is 2.61. The standard InChI is InChI=1S/C12H16O2/c1-10-6-3-4-7-11(10)12(13)8-5-9-14-2/h3-4,6-7H,5,8-9H2,1-2H3. The molecule has 0 atom stereocenters. The van der Waals surface area contributed by atoms with E-state index in [-0.39, 0.29) is 5.78 Å². The normalized spacial score (nSPS) is 10.1. The van der Waals surface area contributed by atoms with Crippen LogP contribution in [0.25, 0.3) is 0 Å². The molecule has 0 unspecified atom stereocenters. The average Bonchev–Trinajstić information content (AvgIpc) is 2.18. The lowest BCUT2D eigenvalue weighted by Crippen LogP contribution is -2.03. The molecule has 0 aliphatic heterocycles. The minimum Gasteiger partial charge on any atom is -0.385 e. The molecule has 0 bridgehead atoms. The summed E-state index contributed by atoms with van der Waals surface area (Å²) in [5.41, 5.74) is 1.89. The quantitative estimate of drug-likeness (QED) is 0.529. The minimum absolute atomic E-state index is 0.208. The van der Waals surface area contributed by atoms with Crippen molar-refractivity contribution < 1.29 is 9.53 Å². The van der Waals surface area contributed by atoms with Crippen LogP contribution in [-0.2, 0) is 4.74 Å². The molecular formula is C12H16O2. The van der Waals surface area contributed by atoms with Gasteiger partial charge in [0.1, 0.15) is 0 Å². The summed E-state index contributed by atoms with van der Waals surface area (Å²) < 4.78 is 4.91. The molecule has 0 spiro atoms. The number of hydrogen-bond acceptors (Lipinski definition) is 2. The third-order valence-electron chi connectivity index (χ3n) is 2.20. The zero-order chi connectivity index (χ0) is 10.4. The van der Waals surface area contributed by atoms with E-state index in [1.807, 2.05) is 31.2 Å². The van der Waals surface area contributed by atoms with Crippen molar-refractivity contribution in [2.75, 3.05) is 13.7 Å². The van der Waals surface area contributed by atoms with Crippen LogP contribution in [0.5, 0.6) is 0 Å². The van der Waals surface area contributed by atoms with Crippen LogP contribution in [0.15, 0.2) is 24.3 Å². The number of ether oxygens (including phenoxy) is 1. The lowest BCUT2D eigenvalue weighted by atomic mass is 10.0. The SMILES string of the molecule is COCCCC(=O)c1ccccc1C. The van der Waals surface area contributed by atoms with E-state index in [4.69, 9.17) is 4.74 Å². The van der Waals surface area contributed by atoms with E-state index in [1.54, 1.807) is 7.11 Å². The molecule has 14 heavy (non-hydrogen) atoms. The van der Waals surface area contributed by atoms with Gasteiger partial charge in [0, 0.05) is 25.7 Å². The Hall–Kier alpha value is -1.15. The highest BCUT2D eigenvalue weighted by Gasteiger charge is 2.06. The summed E-state index contributed by atoms with van der Waals surface area (Å²) in [7, 11) is 1.65. The Morgan fingerprint density at radius 3 is 2.71 bits per heavy atom. The third-order valence-corrected chi connectivity index (χ3v) is 2.20. The molecule has 1 rings (SSSR count). The number of Topliss-reactive ketones (excluding diaryl/α,β-unsaturated/α-hetero) is 1. The van der Waals surface area contributed by atoms with Crippen molar-refractivity contribution in [2.45, 2.75) is 19.8 Å². The maximum absolute atomic E-state index is 11.7. The Balaban J connectivity index is 2.56. The van der Waals surface area contributed by atoms with Gasteiger partial charge in [0.05, 0.1) is 0 Å². The summed E-state index contributed by atoms with van der Waals surface area (Å²) in [5, 5.41) is 0. The minimum atomic E-state index is 0.208. The molecule has 2 heteroatoms. The number of benzene rings is 1. The molecule has 0 heterocycles. The van der Waals surface area contributed by atoms with Gasteiger partial charge in [0.2, 0.25) is 0 Å². The van der Waals surface area contributed by atoms with Crippen molar-refractivity contribution in [2.24, 2.45) is 0 Å². The Kier molecular flexibility index (Phi) is 4.33. The molecule has 76 valence electrons. The van der Waals surface area contributed by atoms with Gasteiger partial charge >= 0.3 is 0 Å². The maximum atomic E-state index is 11.7. The Bertz CT molecular complexity index is 305. The van der Waals surface area contributed by atoms with E-state index >= 15 is 0 Å². The van der Waals surface area contributed by atoms with Crippen molar-refractivity contribution in [1.82, 2.24) is 0 Å². The van der Waals surface area contributed by atoms with Crippen molar-refractivity contribution in [3.05, 3.63) is 35.4 Å². The van der Waals surface area contributed by atoms with Gasteiger partial charge in [-0.1, -0.05) is 24.3 Å². The topological polar surface area (TPSA) is 26.3 Å². The third kappa shape index (κ3) is 2.96. The van der Waals surface area contributed by atoms with Gasteiger partial charge in [-0.25, -0.2) is 0 Å². The fourth-order valence-corrected chi connectivity index (χ4v) is 1.40. The van der Waals surface area contributed by atoms with E-state index in [1.165, 1.54) is 0 Å². The lowest BCUT2D eigenvalue weighted by Gasteiger charge is -2.03. The molecule has 0 aliphatic rings. The number of ketones is 1. The molecular weight excluding hydrogens is 176 g/mol. The van der Waals surface area contributed by atoms with Crippen LogP contribution in [0.2, 0.25) is 0 Å². The molecule has 1 aromatic rings. The summed E-state index contributed by atoms with van der Waals surface area (Å²) >= 11 is 0. The van der Waals surface area contributed by atoms with Gasteiger partial charge in [-0.05, 0) is 18.9 Å². The van der Waals surface area contributed by atoms with E-state index in [9.17, 15) is 4.79 Å². The van der Waals surface area contributed by atoms with Gasteiger partial charge in [-0.2, -0.15) is 0 Å². The molecule has 0 aromatic heterocycles. The molecule has 0 aliphatic carbocycles. The Labute approximate surface area is 84.9 Å². The summed E-state index contributed by atoms with van der Waals surface area (Å²) in [6.07, 6.45) is 1.36. The van der Waals surface area contributed by atoms with Crippen LogP contribution in [0.3, 0.4) is 0 Å². The highest BCUT2D eigenvalue weighted by atomic mass is 16.5. The molecule has 0 saturated heterocycles. The van der Waals surface area contributed by atoms with Gasteiger partial charge in [0.15, 0.2) is 5.78 Å². The second-order valence-corrected chi connectivity index (χ2v) is 3.33. The first-order chi connectivity index (χ1) is 6.75. The van der Waals surface area contributed by atoms with Gasteiger partial charge in [-0.3, -0.25) is 4.79 Å². The second kappa shape index (κ2) is 5.55. The number of rotatable bonds is 5. The Morgan fingerprint density at radius 2 is 2.07 bits per heavy atom. The van der Waals surface area contributed by atoms with E-state index in [0.717, 1.165) is 17.5 Å². The van der Waals surface area contributed by atoms with Crippen LogP contribution in [-0.4, -0.2) is 19.5 Å². The fourth-order valence-electron chi connectivity index (χ4n) is 1.40. The smallest absolute Gasteiger partial charge is 0.163 e. The number of aryl methyl sites for hydroxylation is 1. The van der Waals surface area contributed by atoms with Crippen LogP contribution in [0, 0.1) is 6.92 Å². The predicted molar refractivity (Wildman–Crippen MR) is 56.6 cm³/mol. The molecule has 1 aromatic carbocycles. The zero-order valence-electron chi connectivity index (χ0n) is 8.75. The fraction of sp³-hybridized carbons (Fsp3) is 0.417. The lowest BCUT2D eigenvalue weighted by molar-refractivity contribution is 0.0963. The summed E-state index contributed by atoms with van der Waals surface area (Å²) in [5.74, 6) is 0.208. The molecule has 0 N–H and O–H groups in total. The number of carbonyl (C=O) groups excluding carboxylic acids is 1. The first kappa shape index (κ1) is 10.9. The van der Waals surface area contributed by atoms with Crippen LogP contribution < -0.4 is 0 Å². The van der Waals surface area contributed by atoms with E-state index in [2.05, 4.69) is 0 Å². The number of carbonyl (C=O) groups is 1. The zero-order valence-corrected chi connectivity index (χ0v) is 8.75. The van der Waals surface area contributed by atoms with Crippen LogP contribution in [0.4, 0.5) is 0 Å². The summed E-state index contributed by atoms with van der Waals surface area (Å²) in [6, 6.07) is 7.69. The van der Waals surface area contributed by atoms with Crippen molar-refractivity contribution in [1.29, 1.82) is 0 Å². The first-order valence-electron chi connectivity index (χ1n) is 4.83. The largest absolute Gasteiger partial charge is 0.385 e. The molecule has 0 radical (unpaired) electrons. The van der Waals surface area contributed by atoms with Gasteiger partial charge in [0.25, 0.3) is 0 Å². The van der Waals surface area contributed by atoms with E-state index < -0.39 is 0 Å². The van der Waals surface area contributed by atoms with Crippen molar-refractivity contribution in [3.8, 4) is 0 Å². The van der Waals surface area contributed by atoms with Crippen LogP contribution >= 0.6 is 0 Å². The molecule has 0 fully saturated rings. The highest BCUT2D eigenvalue weighted by Crippen LogP contribution is 2.10. The first-order valence-corrected chi connectivity index (χ1v) is 4.83. The van der Waals surface area contributed by atoms with Gasteiger partial charge < -0.3 is 4.74 Å². The number of hydrogen-bond donors (Lipinski definition) is 0. The highest BCUT2D eigenvalue weighted by molar-refractivity contribution is 5.97. The molecule has 0 amide bonds. The second-order valence-electron chi connectivity index (χ2n) is 3.33. The average molecular weight is 192 g/mol. The maximum Gasteiger partial charge on any atom is 0.163 e. The Morgan fingerprint density at radius 1 is 1.36 bits per heavy atom. The van der Waals surface area contributed by atoms with Crippen molar-refractivity contribution >= 4 is 5.78 Å². The number of methoxy groups -OCH3 is 1. The predicted octanol–water partition coefficient (Wildman–Crippen LogP) is 2.60. The summed E-state index contributed by atoms with van der Waals surface area (Å²) in [4.78, 5) is 11.7. The monoisotopic (exact) mass is 192 g/mol. The molecule has 0 saturated carbocycles. The van der Waals surface area contributed by atoms with Crippen LogP contribution in [0.1, 0.15) is 28.8 Å². The molecule has 2 nitrogen and oxygen atoms in total.